The maximum atomic E-state index is 5.98. The van der Waals surface area contributed by atoms with Gasteiger partial charge in [-0.1, -0.05) is 27.5 Å². The molecule has 0 saturated carbocycles. The molecule has 1 atom stereocenters. The van der Waals surface area contributed by atoms with E-state index >= 15 is 0 Å². The number of benzene rings is 1. The van der Waals surface area contributed by atoms with Gasteiger partial charge in [-0.25, -0.2) is 0 Å². The fraction of sp³-hybridized carbons (Fsp3) is 0.231. The van der Waals surface area contributed by atoms with Crippen LogP contribution in [0.1, 0.15) is 15.3 Å². The number of hydrogen-bond donors (Lipinski definition) is 0. The van der Waals surface area contributed by atoms with E-state index < -0.39 is 0 Å². The molecule has 0 fully saturated rings. The summed E-state index contributed by atoms with van der Waals surface area (Å²) in [5, 5.41) is 0. The van der Waals surface area contributed by atoms with Crippen molar-refractivity contribution in [3.8, 4) is 11.5 Å². The lowest BCUT2D eigenvalue weighted by molar-refractivity contribution is 0.397. The molecule has 0 amide bonds. The molecule has 0 N–H and O–H groups in total. The predicted molar refractivity (Wildman–Crippen MR) is 87.3 cm³/mol. The van der Waals surface area contributed by atoms with Gasteiger partial charge in [-0.05, 0) is 40.2 Å². The number of thiophene rings is 1. The van der Waals surface area contributed by atoms with Crippen LogP contribution in [0.25, 0.3) is 0 Å². The summed E-state index contributed by atoms with van der Waals surface area (Å²) >= 11 is 14.7. The molecule has 1 aromatic heterocycles. The lowest BCUT2D eigenvalue weighted by atomic mass is 10.1. The first-order valence-corrected chi connectivity index (χ1v) is 8.28. The van der Waals surface area contributed by atoms with Crippen molar-refractivity contribution in [1.29, 1.82) is 0 Å². The Morgan fingerprint density at radius 1 is 1.16 bits per heavy atom. The van der Waals surface area contributed by atoms with Gasteiger partial charge in [0.25, 0.3) is 0 Å². The molecule has 0 aliphatic carbocycles. The van der Waals surface area contributed by atoms with Gasteiger partial charge in [-0.3, -0.25) is 0 Å². The number of alkyl halides is 1. The third kappa shape index (κ3) is 3.27. The summed E-state index contributed by atoms with van der Waals surface area (Å²) < 4.78 is 12.4. The Hall–Kier alpha value is -0.230. The molecule has 102 valence electrons. The summed E-state index contributed by atoms with van der Waals surface area (Å²) in [5.74, 6) is 1.56. The maximum absolute atomic E-state index is 5.98. The van der Waals surface area contributed by atoms with Crippen molar-refractivity contribution in [2.24, 2.45) is 0 Å². The van der Waals surface area contributed by atoms with E-state index in [0.717, 1.165) is 30.7 Å². The third-order valence-electron chi connectivity index (χ3n) is 2.62. The Morgan fingerprint density at radius 2 is 1.84 bits per heavy atom. The largest absolute Gasteiger partial charge is 0.496 e. The van der Waals surface area contributed by atoms with Crippen LogP contribution >= 0.6 is 54.8 Å². The quantitative estimate of drug-likeness (QED) is 0.587. The van der Waals surface area contributed by atoms with Crippen LogP contribution in [-0.2, 0) is 0 Å². The van der Waals surface area contributed by atoms with Crippen LogP contribution in [0.4, 0.5) is 0 Å². The number of halogens is 3. The van der Waals surface area contributed by atoms with Crippen LogP contribution in [0.2, 0.25) is 4.34 Å². The molecule has 0 saturated heterocycles. The Labute approximate surface area is 137 Å². The third-order valence-corrected chi connectivity index (χ3v) is 5.83. The molecule has 1 heterocycles. The van der Waals surface area contributed by atoms with Crippen molar-refractivity contribution in [3.05, 3.63) is 43.5 Å². The van der Waals surface area contributed by atoms with Crippen LogP contribution in [0.3, 0.4) is 0 Å². The van der Waals surface area contributed by atoms with Gasteiger partial charge in [0.15, 0.2) is 0 Å². The smallest absolute Gasteiger partial charge is 0.133 e. The Kier molecular flexibility index (Phi) is 5.17. The molecule has 0 aliphatic rings. The van der Waals surface area contributed by atoms with Gasteiger partial charge in [0.1, 0.15) is 11.5 Å². The molecule has 1 aromatic carbocycles. The standard InChI is InChI=1S/C13H11Br2ClO2S/c1-17-9-6-8(14)10(18-2)5-7(9)13(15)11-3-4-12(16)19-11/h3-6,13H,1-2H3. The van der Waals surface area contributed by atoms with Gasteiger partial charge in [0, 0.05) is 10.4 Å². The van der Waals surface area contributed by atoms with Gasteiger partial charge >= 0.3 is 0 Å². The molecule has 0 radical (unpaired) electrons. The highest BCUT2D eigenvalue weighted by Gasteiger charge is 2.19. The minimum absolute atomic E-state index is 0.0157. The van der Waals surface area contributed by atoms with Crippen LogP contribution in [0, 0.1) is 0 Å². The highest BCUT2D eigenvalue weighted by Crippen LogP contribution is 2.44. The molecule has 0 spiro atoms. The van der Waals surface area contributed by atoms with Gasteiger partial charge in [-0.2, -0.15) is 0 Å². The topological polar surface area (TPSA) is 18.5 Å². The zero-order valence-electron chi connectivity index (χ0n) is 10.2. The lowest BCUT2D eigenvalue weighted by Gasteiger charge is -2.15. The second-order valence-electron chi connectivity index (χ2n) is 3.73. The van der Waals surface area contributed by atoms with Crippen LogP contribution in [-0.4, -0.2) is 14.2 Å². The second kappa shape index (κ2) is 6.48. The van der Waals surface area contributed by atoms with Crippen molar-refractivity contribution < 1.29 is 9.47 Å². The Bertz CT molecular complexity index is 586. The molecule has 1 unspecified atom stereocenters. The van der Waals surface area contributed by atoms with Gasteiger partial charge < -0.3 is 9.47 Å². The highest BCUT2D eigenvalue weighted by molar-refractivity contribution is 9.10. The molecule has 2 nitrogen and oxygen atoms in total. The maximum Gasteiger partial charge on any atom is 0.133 e. The fourth-order valence-corrected chi connectivity index (χ4v) is 4.03. The number of methoxy groups -OCH3 is 2. The summed E-state index contributed by atoms with van der Waals surface area (Å²) in [5.41, 5.74) is 1.00. The molecule has 2 rings (SSSR count). The van der Waals surface area contributed by atoms with Crippen LogP contribution < -0.4 is 9.47 Å². The van der Waals surface area contributed by atoms with E-state index in [9.17, 15) is 0 Å². The molecule has 0 bridgehead atoms. The monoisotopic (exact) mass is 424 g/mol. The SMILES string of the molecule is COc1cc(C(Br)c2ccc(Cl)s2)c(OC)cc1Br. The average molecular weight is 427 g/mol. The second-order valence-corrected chi connectivity index (χ2v) is 7.25. The number of hydrogen-bond acceptors (Lipinski definition) is 3. The van der Waals surface area contributed by atoms with Crippen molar-refractivity contribution >= 4 is 54.8 Å². The van der Waals surface area contributed by atoms with Gasteiger partial charge in [-0.15, -0.1) is 11.3 Å². The van der Waals surface area contributed by atoms with Crippen molar-refractivity contribution in [2.45, 2.75) is 4.83 Å². The first-order valence-electron chi connectivity index (χ1n) is 5.37. The van der Waals surface area contributed by atoms with E-state index in [1.807, 2.05) is 24.3 Å². The first-order chi connectivity index (χ1) is 9.06. The van der Waals surface area contributed by atoms with E-state index in [1.54, 1.807) is 14.2 Å². The van der Waals surface area contributed by atoms with Gasteiger partial charge in [0.05, 0.1) is 27.9 Å². The summed E-state index contributed by atoms with van der Waals surface area (Å²) in [7, 11) is 3.29. The zero-order chi connectivity index (χ0) is 14.0. The lowest BCUT2D eigenvalue weighted by Crippen LogP contribution is -1.97. The minimum atomic E-state index is 0.0157. The molecule has 0 aliphatic heterocycles. The average Bonchev–Trinajstić information content (AvgIpc) is 2.84. The number of ether oxygens (including phenoxy) is 2. The molecule has 6 heteroatoms. The van der Waals surface area contributed by atoms with E-state index in [4.69, 9.17) is 21.1 Å². The predicted octanol–water partition coefficient (Wildman–Crippen LogP) is 5.67. The number of rotatable bonds is 4. The summed E-state index contributed by atoms with van der Waals surface area (Å²) in [4.78, 5) is 1.13. The summed E-state index contributed by atoms with van der Waals surface area (Å²) in [6.07, 6.45) is 0. The Morgan fingerprint density at radius 3 is 2.37 bits per heavy atom. The van der Waals surface area contributed by atoms with E-state index in [2.05, 4.69) is 31.9 Å². The fourth-order valence-electron chi connectivity index (χ4n) is 1.70. The zero-order valence-corrected chi connectivity index (χ0v) is 15.0. The highest BCUT2D eigenvalue weighted by atomic mass is 79.9. The van der Waals surface area contributed by atoms with E-state index in [0.29, 0.717) is 0 Å². The Balaban J connectivity index is 2.48. The van der Waals surface area contributed by atoms with Crippen molar-refractivity contribution in [1.82, 2.24) is 0 Å². The molecular weight excluding hydrogens is 415 g/mol. The minimum Gasteiger partial charge on any atom is -0.496 e. The summed E-state index contributed by atoms with van der Waals surface area (Å²) in [6.45, 7) is 0. The van der Waals surface area contributed by atoms with E-state index in [1.165, 1.54) is 11.3 Å². The molecule has 19 heavy (non-hydrogen) atoms. The van der Waals surface area contributed by atoms with E-state index in [-0.39, 0.29) is 4.83 Å². The van der Waals surface area contributed by atoms with Crippen molar-refractivity contribution in [2.75, 3.05) is 14.2 Å². The molecular formula is C13H11Br2ClO2S. The van der Waals surface area contributed by atoms with Crippen LogP contribution in [0.5, 0.6) is 11.5 Å². The van der Waals surface area contributed by atoms with Crippen LogP contribution in [0.15, 0.2) is 28.7 Å². The normalized spacial score (nSPS) is 12.3. The first kappa shape index (κ1) is 15.2. The van der Waals surface area contributed by atoms with Gasteiger partial charge in [0.2, 0.25) is 0 Å². The van der Waals surface area contributed by atoms with Crippen molar-refractivity contribution in [3.63, 3.8) is 0 Å². The molecule has 2 aromatic rings. The summed E-state index contributed by atoms with van der Waals surface area (Å²) in [6, 6.07) is 7.74.